The van der Waals surface area contributed by atoms with Gasteiger partial charge in [0.1, 0.15) is 12.0 Å². The maximum atomic E-state index is 12.7. The average molecular weight is 384 g/mol. The lowest BCUT2D eigenvalue weighted by atomic mass is 10.2. The number of halogens is 3. The number of carbonyl (C=O) groups excluding carboxylic acids is 1. The van der Waals surface area contributed by atoms with Gasteiger partial charge in [-0.05, 0) is 31.0 Å². The number of oxazole rings is 1. The van der Waals surface area contributed by atoms with E-state index in [2.05, 4.69) is 4.98 Å². The lowest BCUT2D eigenvalue weighted by Crippen LogP contribution is -2.34. The highest BCUT2D eigenvalue weighted by atomic mass is 19.4. The van der Waals surface area contributed by atoms with Crippen molar-refractivity contribution in [1.82, 2.24) is 9.88 Å². The Morgan fingerprint density at radius 3 is 2.93 bits per heavy atom. The quantitative estimate of drug-likeness (QED) is 0.763. The molecule has 0 radical (unpaired) electrons. The summed E-state index contributed by atoms with van der Waals surface area (Å²) in [5, 5.41) is 0. The Morgan fingerprint density at radius 1 is 1.41 bits per heavy atom. The molecule has 0 bridgehead atoms. The Hall–Kier alpha value is -2.55. The minimum absolute atomic E-state index is 0.0227. The van der Waals surface area contributed by atoms with Crippen LogP contribution in [0.15, 0.2) is 34.9 Å². The fourth-order valence-electron chi connectivity index (χ4n) is 2.75. The third-order valence-corrected chi connectivity index (χ3v) is 4.14. The van der Waals surface area contributed by atoms with Gasteiger partial charge >= 0.3 is 6.18 Å². The third-order valence-electron chi connectivity index (χ3n) is 4.14. The monoisotopic (exact) mass is 384 g/mol. The van der Waals surface area contributed by atoms with E-state index in [0.29, 0.717) is 13.2 Å². The molecule has 1 aromatic heterocycles. The smallest absolute Gasteiger partial charge is 0.416 e. The Labute approximate surface area is 153 Å². The van der Waals surface area contributed by atoms with Crippen LogP contribution >= 0.6 is 0 Å². The summed E-state index contributed by atoms with van der Waals surface area (Å²) in [6.45, 7) is 0.972. The lowest BCUT2D eigenvalue weighted by molar-refractivity contribution is -0.137. The minimum atomic E-state index is -4.45. The van der Waals surface area contributed by atoms with Crippen molar-refractivity contribution in [3.05, 3.63) is 47.7 Å². The zero-order valence-corrected chi connectivity index (χ0v) is 14.7. The third kappa shape index (κ3) is 5.00. The molecule has 2 aromatic rings. The molecule has 6 nitrogen and oxygen atoms in total. The van der Waals surface area contributed by atoms with Crippen molar-refractivity contribution in [3.63, 3.8) is 0 Å². The van der Waals surface area contributed by atoms with Crippen LogP contribution in [0, 0.1) is 0 Å². The number of nitrogens with zero attached hydrogens (tertiary/aromatic N) is 2. The molecule has 1 fully saturated rings. The maximum Gasteiger partial charge on any atom is 0.416 e. The molecule has 1 aromatic carbocycles. The first kappa shape index (κ1) is 19.2. The number of carbonyl (C=O) groups is 1. The summed E-state index contributed by atoms with van der Waals surface area (Å²) in [6.07, 6.45) is -1.33. The van der Waals surface area contributed by atoms with Crippen LogP contribution in [0.4, 0.5) is 13.2 Å². The van der Waals surface area contributed by atoms with Gasteiger partial charge in [-0.25, -0.2) is 4.98 Å². The lowest BCUT2D eigenvalue weighted by Gasteiger charge is -2.19. The van der Waals surface area contributed by atoms with Gasteiger partial charge < -0.3 is 18.8 Å². The van der Waals surface area contributed by atoms with Crippen molar-refractivity contribution in [2.75, 3.05) is 20.2 Å². The first-order valence-electron chi connectivity index (χ1n) is 8.44. The van der Waals surface area contributed by atoms with Gasteiger partial charge in [-0.15, -0.1) is 0 Å². The molecule has 27 heavy (non-hydrogen) atoms. The second kappa shape index (κ2) is 7.99. The molecule has 3 rings (SSSR count). The van der Waals surface area contributed by atoms with Crippen molar-refractivity contribution >= 4 is 5.91 Å². The normalized spacial score (nSPS) is 17.1. The number of aromatic nitrogens is 1. The summed E-state index contributed by atoms with van der Waals surface area (Å²) < 4.78 is 54.1. The molecule has 0 saturated carbocycles. The van der Waals surface area contributed by atoms with Crippen molar-refractivity contribution in [3.8, 4) is 5.75 Å². The molecule has 1 aliphatic heterocycles. The molecule has 1 aliphatic rings. The SMILES string of the molecule is CN(C[C@H]1CCCO1)C(=O)c1coc(COc2cccc(C(F)(F)F)c2)n1. The predicted octanol–water partition coefficient (Wildman–Crippen LogP) is 3.52. The minimum Gasteiger partial charge on any atom is -0.484 e. The second-order valence-corrected chi connectivity index (χ2v) is 6.26. The highest BCUT2D eigenvalue weighted by molar-refractivity contribution is 5.91. The van der Waals surface area contributed by atoms with Crippen molar-refractivity contribution in [1.29, 1.82) is 0 Å². The summed E-state index contributed by atoms with van der Waals surface area (Å²) in [7, 11) is 1.65. The molecule has 146 valence electrons. The average Bonchev–Trinajstić information content (AvgIpc) is 3.30. The summed E-state index contributed by atoms with van der Waals surface area (Å²) >= 11 is 0. The van der Waals surface area contributed by atoms with Gasteiger partial charge in [-0.1, -0.05) is 6.07 Å². The van der Waals surface area contributed by atoms with Gasteiger partial charge in [0.25, 0.3) is 5.91 Å². The Balaban J connectivity index is 1.57. The first-order chi connectivity index (χ1) is 12.8. The molecular formula is C18H19F3N2O4. The van der Waals surface area contributed by atoms with Crippen molar-refractivity contribution in [2.24, 2.45) is 0 Å². The van der Waals surface area contributed by atoms with E-state index in [1.165, 1.54) is 23.3 Å². The fourth-order valence-corrected chi connectivity index (χ4v) is 2.75. The van der Waals surface area contributed by atoms with E-state index in [9.17, 15) is 18.0 Å². The molecule has 2 heterocycles. The van der Waals surface area contributed by atoms with Gasteiger partial charge in [-0.2, -0.15) is 13.2 Å². The highest BCUT2D eigenvalue weighted by Crippen LogP contribution is 2.31. The Morgan fingerprint density at radius 2 is 2.22 bits per heavy atom. The van der Waals surface area contributed by atoms with Gasteiger partial charge in [0.2, 0.25) is 5.89 Å². The molecule has 0 aliphatic carbocycles. The molecule has 1 atom stereocenters. The van der Waals surface area contributed by atoms with E-state index in [4.69, 9.17) is 13.9 Å². The number of alkyl halides is 3. The van der Waals surface area contributed by atoms with E-state index >= 15 is 0 Å². The number of likely N-dealkylation sites (N-methyl/N-ethyl adjacent to an activating group) is 1. The molecular weight excluding hydrogens is 365 g/mol. The number of hydrogen-bond acceptors (Lipinski definition) is 5. The maximum absolute atomic E-state index is 12.7. The molecule has 0 N–H and O–H groups in total. The van der Waals surface area contributed by atoms with E-state index in [1.54, 1.807) is 7.05 Å². The van der Waals surface area contributed by atoms with Crippen LogP contribution in [0.5, 0.6) is 5.75 Å². The summed E-state index contributed by atoms with van der Waals surface area (Å²) in [5.41, 5.74) is -0.697. The standard InChI is InChI=1S/C18H19F3N2O4/c1-23(9-14-6-3-7-25-14)17(24)15-10-27-16(22-15)11-26-13-5-2-4-12(8-13)18(19,20)21/h2,4-5,8,10,14H,3,6-7,9,11H2,1H3/t14-/m1/s1. The predicted molar refractivity (Wildman–Crippen MR) is 88.2 cm³/mol. The number of benzene rings is 1. The van der Waals surface area contributed by atoms with E-state index < -0.39 is 11.7 Å². The van der Waals surface area contributed by atoms with Gasteiger partial charge in [0.05, 0.1) is 11.7 Å². The Kier molecular flexibility index (Phi) is 5.69. The molecule has 1 saturated heterocycles. The largest absolute Gasteiger partial charge is 0.484 e. The number of rotatable bonds is 6. The van der Waals surface area contributed by atoms with Gasteiger partial charge in [-0.3, -0.25) is 4.79 Å². The van der Waals surface area contributed by atoms with Crippen LogP contribution in [0.25, 0.3) is 0 Å². The van der Waals surface area contributed by atoms with E-state index in [1.807, 2.05) is 0 Å². The van der Waals surface area contributed by atoms with Crippen molar-refractivity contribution < 1.29 is 31.9 Å². The van der Waals surface area contributed by atoms with Crippen LogP contribution in [0.1, 0.15) is 34.8 Å². The number of hydrogen-bond donors (Lipinski definition) is 0. The summed E-state index contributed by atoms with van der Waals surface area (Å²) in [6, 6.07) is 4.51. The van der Waals surface area contributed by atoms with E-state index in [-0.39, 0.29) is 36.0 Å². The molecule has 0 spiro atoms. The second-order valence-electron chi connectivity index (χ2n) is 6.26. The Bertz CT molecular complexity index is 785. The number of ether oxygens (including phenoxy) is 2. The van der Waals surface area contributed by atoms with Crippen molar-refractivity contribution in [2.45, 2.75) is 31.7 Å². The van der Waals surface area contributed by atoms with Gasteiger partial charge in [0.15, 0.2) is 12.3 Å². The molecule has 0 unspecified atom stereocenters. The molecule has 1 amide bonds. The van der Waals surface area contributed by atoms with Crippen LogP contribution in [-0.4, -0.2) is 42.1 Å². The fraction of sp³-hybridized carbons (Fsp3) is 0.444. The van der Waals surface area contributed by atoms with Crippen LogP contribution < -0.4 is 4.74 Å². The summed E-state index contributed by atoms with van der Waals surface area (Å²) in [5.74, 6) is -0.188. The first-order valence-corrected chi connectivity index (χ1v) is 8.44. The van der Waals surface area contributed by atoms with E-state index in [0.717, 1.165) is 25.0 Å². The zero-order valence-electron chi connectivity index (χ0n) is 14.7. The van der Waals surface area contributed by atoms with Crippen LogP contribution in [-0.2, 0) is 17.5 Å². The van der Waals surface area contributed by atoms with Crippen LogP contribution in [0.2, 0.25) is 0 Å². The highest BCUT2D eigenvalue weighted by Gasteiger charge is 2.30. The zero-order chi connectivity index (χ0) is 19.4. The summed E-state index contributed by atoms with van der Waals surface area (Å²) in [4.78, 5) is 17.9. The van der Waals surface area contributed by atoms with Gasteiger partial charge in [0, 0.05) is 20.2 Å². The topological polar surface area (TPSA) is 64.8 Å². The number of amides is 1. The van der Waals surface area contributed by atoms with Crippen LogP contribution in [0.3, 0.4) is 0 Å². The molecule has 9 heteroatoms.